The first-order valence-electron chi connectivity index (χ1n) is 6.27. The van der Waals surface area contributed by atoms with Crippen molar-refractivity contribution >= 4 is 0 Å². The lowest BCUT2D eigenvalue weighted by molar-refractivity contribution is -0.150. The number of hydrogen-bond donors (Lipinski definition) is 1. The molecule has 0 aromatic heterocycles. The molecule has 0 aliphatic rings. The van der Waals surface area contributed by atoms with Crippen molar-refractivity contribution in [2.75, 3.05) is 0 Å². The fraction of sp³-hybridized carbons (Fsp3) is 0.538. The summed E-state index contributed by atoms with van der Waals surface area (Å²) in [6, 6.07) is -0.826. The van der Waals surface area contributed by atoms with Crippen LogP contribution in [0.1, 0.15) is 48.1 Å². The van der Waals surface area contributed by atoms with Crippen molar-refractivity contribution < 1.29 is 44.6 Å². The van der Waals surface area contributed by atoms with Crippen LogP contribution in [0.5, 0.6) is 0 Å². The van der Waals surface area contributed by atoms with Gasteiger partial charge in [0.2, 0.25) is 0 Å². The highest BCUT2D eigenvalue weighted by Crippen LogP contribution is 2.46. The van der Waals surface area contributed by atoms with E-state index in [4.69, 9.17) is 0 Å². The van der Waals surface area contributed by atoms with E-state index in [-0.39, 0.29) is 6.42 Å². The van der Waals surface area contributed by atoms with Gasteiger partial charge < -0.3 is 5.11 Å². The molecule has 0 saturated carbocycles. The second-order valence-corrected chi connectivity index (χ2v) is 4.78. The second kappa shape index (κ2) is 6.21. The molecular weight excluding hydrogens is 343 g/mol. The molecule has 23 heavy (non-hydrogen) atoms. The largest absolute Gasteiger partial charge is 0.416 e. The number of aliphatic hydroxyl groups excluding tert-OH is 1. The monoisotopic (exact) mass is 354 g/mol. The number of benzene rings is 1. The molecule has 1 aromatic carbocycles. The molecular formula is C13H11F9O. The van der Waals surface area contributed by atoms with E-state index in [2.05, 4.69) is 0 Å². The van der Waals surface area contributed by atoms with Crippen LogP contribution in [0, 0.1) is 0 Å². The number of aliphatic hydroxyl groups is 1. The average Bonchev–Trinajstić information content (AvgIpc) is 2.34. The van der Waals surface area contributed by atoms with Crippen LogP contribution in [0.25, 0.3) is 0 Å². The summed E-state index contributed by atoms with van der Waals surface area (Å²) in [4.78, 5) is 0. The van der Waals surface area contributed by atoms with Crippen molar-refractivity contribution in [2.24, 2.45) is 0 Å². The van der Waals surface area contributed by atoms with E-state index in [0.29, 0.717) is 0 Å². The van der Waals surface area contributed by atoms with Gasteiger partial charge in [0.05, 0.1) is 22.8 Å². The molecule has 0 heterocycles. The van der Waals surface area contributed by atoms with Crippen molar-refractivity contribution in [2.45, 2.75) is 44.4 Å². The Bertz CT molecular complexity index is 519. The Morgan fingerprint density at radius 1 is 0.826 bits per heavy atom. The minimum Gasteiger partial charge on any atom is -0.388 e. The fourth-order valence-electron chi connectivity index (χ4n) is 2.06. The van der Waals surface area contributed by atoms with Crippen molar-refractivity contribution in [3.63, 3.8) is 0 Å². The lowest BCUT2D eigenvalue weighted by Crippen LogP contribution is -2.22. The van der Waals surface area contributed by atoms with Gasteiger partial charge in [0.1, 0.15) is 0 Å². The molecule has 1 aromatic rings. The highest BCUT2D eigenvalue weighted by molar-refractivity contribution is 5.45. The Hall–Kier alpha value is -1.45. The lowest BCUT2D eigenvalue weighted by atomic mass is 9.91. The highest BCUT2D eigenvalue weighted by atomic mass is 19.4. The zero-order valence-corrected chi connectivity index (χ0v) is 11.5. The number of alkyl halides is 9. The zero-order valence-electron chi connectivity index (χ0n) is 11.5. The first-order chi connectivity index (χ1) is 10.2. The third-order valence-electron chi connectivity index (χ3n) is 3.01. The van der Waals surface area contributed by atoms with Gasteiger partial charge in [0.15, 0.2) is 0 Å². The summed E-state index contributed by atoms with van der Waals surface area (Å²) in [7, 11) is 0. The molecule has 1 unspecified atom stereocenters. The quantitative estimate of drug-likeness (QED) is 0.703. The molecule has 132 valence electrons. The highest BCUT2D eigenvalue weighted by Gasteiger charge is 2.45. The molecule has 0 aliphatic heterocycles. The zero-order chi connectivity index (χ0) is 18.2. The Kier molecular flexibility index (Phi) is 5.30. The lowest BCUT2D eigenvalue weighted by Gasteiger charge is -2.24. The maximum Gasteiger partial charge on any atom is 0.416 e. The first kappa shape index (κ1) is 19.6. The predicted molar refractivity (Wildman–Crippen MR) is 61.3 cm³/mol. The molecule has 0 spiro atoms. The summed E-state index contributed by atoms with van der Waals surface area (Å²) in [5.74, 6) is 0. The first-order valence-corrected chi connectivity index (χ1v) is 6.27. The normalized spacial score (nSPS) is 14.9. The van der Waals surface area contributed by atoms with E-state index >= 15 is 0 Å². The summed E-state index contributed by atoms with van der Waals surface area (Å²) in [6.07, 6.45) is -19.0. The van der Waals surface area contributed by atoms with Crippen molar-refractivity contribution in [3.8, 4) is 0 Å². The Labute approximate surface area is 124 Å². The molecule has 1 nitrogen and oxygen atoms in total. The average molecular weight is 354 g/mol. The van der Waals surface area contributed by atoms with E-state index in [9.17, 15) is 44.6 Å². The smallest absolute Gasteiger partial charge is 0.388 e. The standard InChI is InChI=1S/C13H11F9O/c1-2-3-9(23)10-7(12(17,18)19)4-6(11(14,15)16)5-8(10)13(20,21)22/h4-5,9,23H,2-3H2,1H3. The molecule has 10 heteroatoms. The molecule has 1 N–H and O–H groups in total. The molecule has 0 aliphatic carbocycles. The van der Waals surface area contributed by atoms with Crippen LogP contribution in [-0.2, 0) is 18.5 Å². The predicted octanol–water partition coefficient (Wildman–Crippen LogP) is 5.58. The Balaban J connectivity index is 3.82. The molecule has 1 rings (SSSR count). The Morgan fingerprint density at radius 3 is 1.48 bits per heavy atom. The van der Waals surface area contributed by atoms with Gasteiger partial charge in [-0.05, 0) is 18.6 Å². The van der Waals surface area contributed by atoms with Crippen molar-refractivity contribution in [1.82, 2.24) is 0 Å². The van der Waals surface area contributed by atoms with E-state index in [1.54, 1.807) is 0 Å². The third-order valence-corrected chi connectivity index (χ3v) is 3.01. The van der Waals surface area contributed by atoms with Crippen LogP contribution in [0.3, 0.4) is 0 Å². The molecule has 1 atom stereocenters. The van der Waals surface area contributed by atoms with Gasteiger partial charge in [-0.3, -0.25) is 0 Å². The van der Waals surface area contributed by atoms with Crippen LogP contribution in [0.15, 0.2) is 12.1 Å². The number of rotatable bonds is 3. The minimum absolute atomic E-state index is 0.0385. The van der Waals surface area contributed by atoms with E-state index in [1.165, 1.54) is 6.92 Å². The summed E-state index contributed by atoms with van der Waals surface area (Å²) < 4.78 is 115. The van der Waals surface area contributed by atoms with Gasteiger partial charge in [-0.1, -0.05) is 13.3 Å². The van der Waals surface area contributed by atoms with Crippen molar-refractivity contribution in [3.05, 3.63) is 34.4 Å². The van der Waals surface area contributed by atoms with E-state index < -0.39 is 65.4 Å². The molecule has 0 bridgehead atoms. The summed E-state index contributed by atoms with van der Waals surface area (Å²) in [5.41, 5.74) is -7.94. The van der Waals surface area contributed by atoms with Crippen LogP contribution >= 0.6 is 0 Å². The maximum absolute atomic E-state index is 12.9. The van der Waals surface area contributed by atoms with Crippen LogP contribution in [-0.4, -0.2) is 5.11 Å². The molecule has 0 amide bonds. The second-order valence-electron chi connectivity index (χ2n) is 4.78. The summed E-state index contributed by atoms with van der Waals surface area (Å²) in [5, 5.41) is 9.62. The summed E-state index contributed by atoms with van der Waals surface area (Å²) in [6.45, 7) is 1.40. The van der Waals surface area contributed by atoms with Gasteiger partial charge >= 0.3 is 18.5 Å². The fourth-order valence-corrected chi connectivity index (χ4v) is 2.06. The Morgan fingerprint density at radius 2 is 1.22 bits per heavy atom. The topological polar surface area (TPSA) is 20.2 Å². The minimum atomic E-state index is -5.48. The van der Waals surface area contributed by atoms with E-state index in [1.807, 2.05) is 0 Å². The van der Waals surface area contributed by atoms with Gasteiger partial charge in [-0.15, -0.1) is 0 Å². The molecule has 0 fully saturated rings. The van der Waals surface area contributed by atoms with Crippen LogP contribution < -0.4 is 0 Å². The summed E-state index contributed by atoms with van der Waals surface area (Å²) >= 11 is 0. The van der Waals surface area contributed by atoms with Gasteiger partial charge in [0, 0.05) is 5.56 Å². The molecule has 0 radical (unpaired) electrons. The van der Waals surface area contributed by atoms with E-state index in [0.717, 1.165) is 0 Å². The van der Waals surface area contributed by atoms with Gasteiger partial charge in [0.25, 0.3) is 0 Å². The molecule has 0 saturated heterocycles. The maximum atomic E-state index is 12.9. The number of halogens is 9. The van der Waals surface area contributed by atoms with Crippen molar-refractivity contribution in [1.29, 1.82) is 0 Å². The third kappa shape index (κ3) is 4.52. The SMILES string of the molecule is CCCC(O)c1c(C(F)(F)F)cc(C(F)(F)F)cc1C(F)(F)F. The van der Waals surface area contributed by atoms with Crippen LogP contribution in [0.2, 0.25) is 0 Å². The van der Waals surface area contributed by atoms with Crippen LogP contribution in [0.4, 0.5) is 39.5 Å². The van der Waals surface area contributed by atoms with Gasteiger partial charge in [-0.2, -0.15) is 39.5 Å². The van der Waals surface area contributed by atoms with Gasteiger partial charge in [-0.25, -0.2) is 0 Å². The number of hydrogen-bond acceptors (Lipinski definition) is 1.